The van der Waals surface area contributed by atoms with Gasteiger partial charge in [-0.15, -0.1) is 0 Å². The number of halogens is 5. The summed E-state index contributed by atoms with van der Waals surface area (Å²) in [5.74, 6) is 0. The largest absolute Gasteiger partial charge is 0.418 e. The first kappa shape index (κ1) is 17.1. The van der Waals surface area contributed by atoms with Crippen LogP contribution in [0.3, 0.4) is 0 Å². The molecule has 1 aromatic carbocycles. The van der Waals surface area contributed by atoms with Crippen LogP contribution in [-0.2, 0) is 6.18 Å². The van der Waals surface area contributed by atoms with Crippen molar-refractivity contribution in [3.63, 3.8) is 0 Å². The van der Waals surface area contributed by atoms with Crippen molar-refractivity contribution in [2.24, 2.45) is 0 Å². The minimum Gasteiger partial charge on any atom is -0.325 e. The van der Waals surface area contributed by atoms with Crippen molar-refractivity contribution in [3.05, 3.63) is 27.2 Å². The summed E-state index contributed by atoms with van der Waals surface area (Å²) in [6.45, 7) is 4.24. The van der Waals surface area contributed by atoms with E-state index in [9.17, 15) is 18.0 Å². The highest BCUT2D eigenvalue weighted by atomic mass is 79.9. The van der Waals surface area contributed by atoms with Crippen molar-refractivity contribution >= 4 is 39.2 Å². The van der Waals surface area contributed by atoms with Crippen LogP contribution in [0.5, 0.6) is 0 Å². The van der Waals surface area contributed by atoms with E-state index in [0.29, 0.717) is 13.1 Å². The lowest BCUT2D eigenvalue weighted by molar-refractivity contribution is -0.136. The molecule has 3 nitrogen and oxygen atoms in total. The van der Waals surface area contributed by atoms with Crippen molar-refractivity contribution in [1.29, 1.82) is 0 Å². The number of nitrogens with zero attached hydrogens (tertiary/aromatic N) is 1. The number of hydrogen-bond acceptors (Lipinski definition) is 1. The molecule has 0 aliphatic rings. The number of carbonyl (C=O) groups excluding carboxylic acids is 1. The summed E-state index contributed by atoms with van der Waals surface area (Å²) in [6, 6.07) is 1.56. The molecule has 20 heavy (non-hydrogen) atoms. The van der Waals surface area contributed by atoms with Gasteiger partial charge in [-0.25, -0.2) is 4.79 Å². The highest BCUT2D eigenvalue weighted by Crippen LogP contribution is 2.40. The molecule has 0 saturated heterocycles. The zero-order valence-electron chi connectivity index (χ0n) is 10.8. The Hall–Kier alpha value is -0.950. The van der Waals surface area contributed by atoms with Crippen molar-refractivity contribution < 1.29 is 18.0 Å². The van der Waals surface area contributed by atoms with Crippen LogP contribution in [0, 0.1) is 0 Å². The van der Waals surface area contributed by atoms with Crippen molar-refractivity contribution in [1.82, 2.24) is 4.90 Å². The lowest BCUT2D eigenvalue weighted by atomic mass is 10.1. The smallest absolute Gasteiger partial charge is 0.325 e. The van der Waals surface area contributed by atoms with Gasteiger partial charge in [0.15, 0.2) is 0 Å². The minimum absolute atomic E-state index is 0.174. The number of carbonyl (C=O) groups is 1. The predicted molar refractivity (Wildman–Crippen MR) is 76.1 cm³/mol. The molecule has 0 aromatic heterocycles. The molecule has 0 fully saturated rings. The molecule has 0 saturated carbocycles. The molecule has 0 bridgehead atoms. The Balaban J connectivity index is 3.21. The first-order valence-corrected chi connectivity index (χ1v) is 6.99. The van der Waals surface area contributed by atoms with Crippen LogP contribution in [0.15, 0.2) is 16.6 Å². The molecule has 2 amide bonds. The molecule has 1 aromatic rings. The van der Waals surface area contributed by atoms with Crippen LogP contribution in [0.2, 0.25) is 5.02 Å². The monoisotopic (exact) mass is 372 g/mol. The molecule has 1 N–H and O–H groups in total. The summed E-state index contributed by atoms with van der Waals surface area (Å²) in [6.07, 6.45) is -4.61. The molecular formula is C12H13BrClF3N2O. The molecule has 0 atom stereocenters. The lowest BCUT2D eigenvalue weighted by Gasteiger charge is -2.22. The fourth-order valence-electron chi connectivity index (χ4n) is 1.62. The third kappa shape index (κ3) is 4.02. The second kappa shape index (κ2) is 6.67. The summed E-state index contributed by atoms with van der Waals surface area (Å²) >= 11 is 8.77. The van der Waals surface area contributed by atoms with E-state index in [1.54, 1.807) is 13.8 Å². The van der Waals surface area contributed by atoms with Gasteiger partial charge in [0.05, 0.1) is 16.3 Å². The van der Waals surface area contributed by atoms with Crippen LogP contribution < -0.4 is 5.32 Å². The molecule has 0 aliphatic heterocycles. The van der Waals surface area contributed by atoms with Crippen LogP contribution in [0.4, 0.5) is 23.7 Å². The highest BCUT2D eigenvalue weighted by Gasteiger charge is 2.35. The molecule has 0 spiro atoms. The zero-order valence-corrected chi connectivity index (χ0v) is 13.2. The number of benzene rings is 1. The Bertz CT molecular complexity index is 504. The van der Waals surface area contributed by atoms with Gasteiger partial charge in [0.1, 0.15) is 0 Å². The summed E-state index contributed by atoms with van der Waals surface area (Å²) < 4.78 is 39.1. The van der Waals surface area contributed by atoms with E-state index < -0.39 is 23.5 Å². The number of amides is 2. The minimum atomic E-state index is -4.61. The average molecular weight is 374 g/mol. The molecular weight excluding hydrogens is 360 g/mol. The number of urea groups is 1. The number of hydrogen-bond donors (Lipinski definition) is 1. The Labute approximate surface area is 128 Å². The average Bonchev–Trinajstić information content (AvgIpc) is 2.32. The van der Waals surface area contributed by atoms with Gasteiger partial charge in [-0.3, -0.25) is 0 Å². The number of alkyl halides is 3. The van der Waals surface area contributed by atoms with E-state index in [1.165, 1.54) is 11.0 Å². The van der Waals surface area contributed by atoms with E-state index >= 15 is 0 Å². The summed E-state index contributed by atoms with van der Waals surface area (Å²) in [5.41, 5.74) is -1.42. The van der Waals surface area contributed by atoms with Gasteiger partial charge in [-0.1, -0.05) is 27.5 Å². The van der Waals surface area contributed by atoms with Gasteiger partial charge < -0.3 is 10.2 Å². The number of nitrogens with one attached hydrogen (secondary N) is 1. The fraction of sp³-hybridized carbons (Fsp3) is 0.417. The van der Waals surface area contributed by atoms with Crippen molar-refractivity contribution in [3.8, 4) is 0 Å². The van der Waals surface area contributed by atoms with Gasteiger partial charge in [0, 0.05) is 17.6 Å². The van der Waals surface area contributed by atoms with Gasteiger partial charge in [0.25, 0.3) is 0 Å². The van der Waals surface area contributed by atoms with Gasteiger partial charge in [-0.2, -0.15) is 13.2 Å². The van der Waals surface area contributed by atoms with Gasteiger partial charge in [0.2, 0.25) is 0 Å². The Kier molecular flexibility index (Phi) is 5.70. The maximum absolute atomic E-state index is 13.0. The normalized spacial score (nSPS) is 11.3. The molecule has 0 unspecified atom stereocenters. The summed E-state index contributed by atoms with van der Waals surface area (Å²) in [5, 5.41) is 2.05. The van der Waals surface area contributed by atoms with E-state index in [2.05, 4.69) is 21.2 Å². The second-order valence-corrected chi connectivity index (χ2v) is 5.23. The molecule has 0 heterocycles. The maximum atomic E-state index is 13.0. The molecule has 8 heteroatoms. The number of rotatable bonds is 3. The number of anilines is 1. The standard InChI is InChI=1S/C12H13BrClF3N2O/c1-3-19(4-2)11(20)18-10-8(12(15,16)17)5-7(13)6-9(10)14/h5-6H,3-4H2,1-2H3,(H,18,20). The molecule has 0 radical (unpaired) electrons. The maximum Gasteiger partial charge on any atom is 0.418 e. The van der Waals surface area contributed by atoms with Crippen LogP contribution >= 0.6 is 27.5 Å². The SMILES string of the molecule is CCN(CC)C(=O)Nc1c(Cl)cc(Br)cc1C(F)(F)F. The Morgan fingerprint density at radius 2 is 1.90 bits per heavy atom. The van der Waals surface area contributed by atoms with Gasteiger partial charge >= 0.3 is 12.2 Å². The van der Waals surface area contributed by atoms with E-state index in [1.807, 2.05) is 0 Å². The zero-order chi connectivity index (χ0) is 15.5. The predicted octanol–water partition coefficient (Wildman–Crippen LogP) is 5.00. The highest BCUT2D eigenvalue weighted by molar-refractivity contribution is 9.10. The molecule has 112 valence electrons. The van der Waals surface area contributed by atoms with Crippen molar-refractivity contribution in [2.45, 2.75) is 20.0 Å². The van der Waals surface area contributed by atoms with Crippen molar-refractivity contribution in [2.75, 3.05) is 18.4 Å². The van der Waals surface area contributed by atoms with Gasteiger partial charge in [-0.05, 0) is 26.0 Å². The van der Waals surface area contributed by atoms with Crippen LogP contribution in [0.25, 0.3) is 0 Å². The molecule has 0 aliphatic carbocycles. The summed E-state index contributed by atoms with van der Waals surface area (Å²) in [7, 11) is 0. The van der Waals surface area contributed by atoms with Crippen LogP contribution in [0.1, 0.15) is 19.4 Å². The van der Waals surface area contributed by atoms with Crippen LogP contribution in [-0.4, -0.2) is 24.0 Å². The van der Waals surface area contributed by atoms with E-state index in [0.717, 1.165) is 6.07 Å². The quantitative estimate of drug-likeness (QED) is 0.795. The molecule has 1 rings (SSSR count). The van der Waals surface area contributed by atoms with E-state index in [-0.39, 0.29) is 9.50 Å². The Morgan fingerprint density at radius 3 is 2.35 bits per heavy atom. The van der Waals surface area contributed by atoms with E-state index in [4.69, 9.17) is 11.6 Å². The summed E-state index contributed by atoms with van der Waals surface area (Å²) in [4.78, 5) is 13.2. The third-order valence-electron chi connectivity index (χ3n) is 2.64. The Morgan fingerprint density at radius 1 is 1.35 bits per heavy atom. The third-order valence-corrected chi connectivity index (χ3v) is 3.40. The lowest BCUT2D eigenvalue weighted by Crippen LogP contribution is -2.35. The fourth-order valence-corrected chi connectivity index (χ4v) is 2.48. The second-order valence-electron chi connectivity index (χ2n) is 3.91. The first-order chi connectivity index (χ1) is 9.20. The first-order valence-electron chi connectivity index (χ1n) is 5.82. The topological polar surface area (TPSA) is 32.3 Å².